The van der Waals surface area contributed by atoms with Crippen molar-refractivity contribution in [3.63, 3.8) is 0 Å². The second kappa shape index (κ2) is 6.28. The van der Waals surface area contributed by atoms with Gasteiger partial charge in [0.25, 0.3) is 0 Å². The molecular formula is C18H22N4. The van der Waals surface area contributed by atoms with Gasteiger partial charge >= 0.3 is 0 Å². The summed E-state index contributed by atoms with van der Waals surface area (Å²) in [5.41, 5.74) is 11.5. The number of nitrogens with zero attached hydrogens (tertiary/aromatic N) is 3. The van der Waals surface area contributed by atoms with E-state index in [1.807, 2.05) is 12.3 Å². The summed E-state index contributed by atoms with van der Waals surface area (Å²) in [5.74, 6) is 0.991. The minimum Gasteiger partial charge on any atom is -0.330 e. The second-order valence-electron chi connectivity index (χ2n) is 5.75. The number of hydrogen-bond acceptors (Lipinski definition) is 3. The maximum Gasteiger partial charge on any atom is 0.142 e. The van der Waals surface area contributed by atoms with E-state index in [2.05, 4.69) is 41.6 Å². The Balaban J connectivity index is 2.15. The van der Waals surface area contributed by atoms with Gasteiger partial charge in [0.05, 0.1) is 11.0 Å². The normalized spacial score (nSPS) is 11.2. The summed E-state index contributed by atoms with van der Waals surface area (Å²) in [7, 11) is 0. The molecule has 0 fully saturated rings. The summed E-state index contributed by atoms with van der Waals surface area (Å²) in [6.45, 7) is 5.94. The SMILES string of the molecule is Cc1cc2nc(-c3cccnc3)n(CCCCN)c2cc1C. The zero-order valence-corrected chi connectivity index (χ0v) is 13.2. The van der Waals surface area contributed by atoms with E-state index in [9.17, 15) is 0 Å². The number of unbranched alkanes of at least 4 members (excludes halogenated alkanes) is 1. The number of benzene rings is 1. The number of imidazole rings is 1. The zero-order valence-electron chi connectivity index (χ0n) is 13.2. The van der Waals surface area contributed by atoms with Crippen molar-refractivity contribution in [2.24, 2.45) is 5.73 Å². The van der Waals surface area contributed by atoms with E-state index in [1.54, 1.807) is 6.20 Å². The predicted octanol–water partition coefficient (Wildman–Crippen LogP) is 3.45. The topological polar surface area (TPSA) is 56.7 Å². The van der Waals surface area contributed by atoms with Gasteiger partial charge in [-0.2, -0.15) is 0 Å². The molecule has 114 valence electrons. The molecule has 0 aliphatic rings. The molecule has 0 saturated carbocycles. The molecule has 1 aromatic carbocycles. The van der Waals surface area contributed by atoms with Crippen LogP contribution >= 0.6 is 0 Å². The quantitative estimate of drug-likeness (QED) is 0.733. The minimum absolute atomic E-state index is 0.729. The molecule has 3 rings (SSSR count). The molecule has 0 spiro atoms. The third-order valence-corrected chi connectivity index (χ3v) is 4.12. The molecule has 2 N–H and O–H groups in total. The molecule has 4 nitrogen and oxygen atoms in total. The molecule has 0 bridgehead atoms. The lowest BCUT2D eigenvalue weighted by atomic mass is 10.1. The van der Waals surface area contributed by atoms with Crippen molar-refractivity contribution < 1.29 is 0 Å². The van der Waals surface area contributed by atoms with E-state index < -0.39 is 0 Å². The maximum absolute atomic E-state index is 5.64. The van der Waals surface area contributed by atoms with Crippen molar-refractivity contribution in [3.05, 3.63) is 47.8 Å². The van der Waals surface area contributed by atoms with Crippen LogP contribution in [0.5, 0.6) is 0 Å². The van der Waals surface area contributed by atoms with Gasteiger partial charge in [-0.25, -0.2) is 4.98 Å². The maximum atomic E-state index is 5.64. The summed E-state index contributed by atoms with van der Waals surface area (Å²) in [6, 6.07) is 8.42. The molecular weight excluding hydrogens is 272 g/mol. The largest absolute Gasteiger partial charge is 0.330 e. The van der Waals surface area contributed by atoms with Crippen molar-refractivity contribution >= 4 is 11.0 Å². The second-order valence-corrected chi connectivity index (χ2v) is 5.75. The smallest absolute Gasteiger partial charge is 0.142 e. The van der Waals surface area contributed by atoms with Gasteiger partial charge in [0.1, 0.15) is 5.82 Å². The van der Waals surface area contributed by atoms with Crippen molar-refractivity contribution in [3.8, 4) is 11.4 Å². The molecule has 0 aliphatic carbocycles. The third-order valence-electron chi connectivity index (χ3n) is 4.12. The van der Waals surface area contributed by atoms with Gasteiger partial charge in [-0.05, 0) is 68.6 Å². The Kier molecular flexibility index (Phi) is 4.20. The van der Waals surface area contributed by atoms with E-state index in [1.165, 1.54) is 16.6 Å². The first-order valence-corrected chi connectivity index (χ1v) is 7.78. The van der Waals surface area contributed by atoms with Crippen LogP contribution in [0.4, 0.5) is 0 Å². The van der Waals surface area contributed by atoms with Gasteiger partial charge in [-0.3, -0.25) is 4.98 Å². The summed E-state index contributed by atoms with van der Waals surface area (Å²) in [5, 5.41) is 0. The first-order valence-electron chi connectivity index (χ1n) is 7.78. The number of hydrogen-bond donors (Lipinski definition) is 1. The molecule has 2 aromatic heterocycles. The Hall–Kier alpha value is -2.20. The third kappa shape index (κ3) is 2.74. The standard InChI is InChI=1S/C18H22N4/c1-13-10-16-17(11-14(13)2)22(9-4-3-7-19)18(21-16)15-6-5-8-20-12-15/h5-6,8,10-12H,3-4,7,9,19H2,1-2H3. The van der Waals surface area contributed by atoms with Gasteiger partial charge in [-0.1, -0.05) is 0 Å². The molecule has 22 heavy (non-hydrogen) atoms. The van der Waals surface area contributed by atoms with E-state index >= 15 is 0 Å². The fourth-order valence-electron chi connectivity index (χ4n) is 2.74. The highest BCUT2D eigenvalue weighted by Gasteiger charge is 2.13. The van der Waals surface area contributed by atoms with Crippen molar-refractivity contribution in [2.75, 3.05) is 6.54 Å². The lowest BCUT2D eigenvalue weighted by Crippen LogP contribution is -2.05. The van der Waals surface area contributed by atoms with Crippen LogP contribution in [0.15, 0.2) is 36.7 Å². The lowest BCUT2D eigenvalue weighted by Gasteiger charge is -2.09. The Bertz CT molecular complexity index is 775. The van der Waals surface area contributed by atoms with E-state index in [0.29, 0.717) is 0 Å². The summed E-state index contributed by atoms with van der Waals surface area (Å²) < 4.78 is 2.30. The van der Waals surface area contributed by atoms with Crippen LogP contribution in [0.25, 0.3) is 22.4 Å². The van der Waals surface area contributed by atoms with Crippen LogP contribution in [0.3, 0.4) is 0 Å². The number of aryl methyl sites for hydroxylation is 3. The van der Waals surface area contributed by atoms with Gasteiger partial charge in [0.2, 0.25) is 0 Å². The Morgan fingerprint density at radius 3 is 2.68 bits per heavy atom. The molecule has 0 aliphatic heterocycles. The molecule has 3 aromatic rings. The average Bonchev–Trinajstić information content (AvgIpc) is 2.87. The Morgan fingerprint density at radius 1 is 1.14 bits per heavy atom. The van der Waals surface area contributed by atoms with Crippen LogP contribution in [-0.2, 0) is 6.54 Å². The first-order chi connectivity index (χ1) is 10.7. The number of fused-ring (bicyclic) bond motifs is 1. The number of pyridine rings is 1. The van der Waals surface area contributed by atoms with E-state index in [4.69, 9.17) is 10.7 Å². The van der Waals surface area contributed by atoms with Crippen LogP contribution < -0.4 is 5.73 Å². The van der Waals surface area contributed by atoms with Crippen LogP contribution in [0, 0.1) is 13.8 Å². The molecule has 0 unspecified atom stereocenters. The fraction of sp³-hybridized carbons (Fsp3) is 0.333. The monoisotopic (exact) mass is 294 g/mol. The highest BCUT2D eigenvalue weighted by atomic mass is 15.1. The highest BCUT2D eigenvalue weighted by molar-refractivity contribution is 5.82. The first kappa shape index (κ1) is 14.7. The van der Waals surface area contributed by atoms with Crippen LogP contribution in [-0.4, -0.2) is 21.1 Å². The van der Waals surface area contributed by atoms with Gasteiger partial charge in [-0.15, -0.1) is 0 Å². The summed E-state index contributed by atoms with van der Waals surface area (Å²) in [6.07, 6.45) is 5.75. The average molecular weight is 294 g/mol. The summed E-state index contributed by atoms with van der Waals surface area (Å²) in [4.78, 5) is 9.09. The van der Waals surface area contributed by atoms with Crippen LogP contribution in [0.1, 0.15) is 24.0 Å². The van der Waals surface area contributed by atoms with E-state index in [-0.39, 0.29) is 0 Å². The van der Waals surface area contributed by atoms with Crippen LogP contribution in [0.2, 0.25) is 0 Å². The number of nitrogens with two attached hydrogens (primary N) is 1. The zero-order chi connectivity index (χ0) is 15.5. The lowest BCUT2D eigenvalue weighted by molar-refractivity contribution is 0.631. The number of aromatic nitrogens is 3. The number of rotatable bonds is 5. The molecule has 0 saturated heterocycles. The fourth-order valence-corrected chi connectivity index (χ4v) is 2.74. The predicted molar refractivity (Wildman–Crippen MR) is 90.7 cm³/mol. The van der Waals surface area contributed by atoms with Crippen molar-refractivity contribution in [1.29, 1.82) is 0 Å². The molecule has 0 amide bonds. The molecule has 0 radical (unpaired) electrons. The van der Waals surface area contributed by atoms with Gasteiger partial charge in [0.15, 0.2) is 0 Å². The highest BCUT2D eigenvalue weighted by Crippen LogP contribution is 2.27. The minimum atomic E-state index is 0.729. The Labute approximate surface area is 131 Å². The van der Waals surface area contributed by atoms with E-state index in [0.717, 1.165) is 42.8 Å². The molecule has 4 heteroatoms. The van der Waals surface area contributed by atoms with Crippen molar-refractivity contribution in [2.45, 2.75) is 33.2 Å². The molecule has 2 heterocycles. The van der Waals surface area contributed by atoms with Gasteiger partial charge in [0, 0.05) is 24.5 Å². The summed E-state index contributed by atoms with van der Waals surface area (Å²) >= 11 is 0. The molecule has 0 atom stereocenters. The van der Waals surface area contributed by atoms with Gasteiger partial charge < -0.3 is 10.3 Å². The Morgan fingerprint density at radius 2 is 1.95 bits per heavy atom. The van der Waals surface area contributed by atoms with Crippen molar-refractivity contribution in [1.82, 2.24) is 14.5 Å².